The van der Waals surface area contributed by atoms with Crippen LogP contribution in [0.2, 0.25) is 5.02 Å². The highest BCUT2D eigenvalue weighted by Gasteiger charge is 2.39. The van der Waals surface area contributed by atoms with Gasteiger partial charge >= 0.3 is 12.1 Å². The molecule has 1 N–H and O–H groups in total. The zero-order valence-corrected chi connectivity index (χ0v) is 19.5. The number of aliphatic carboxylic acids is 1. The molecular weight excluding hydrogens is 469 g/mol. The van der Waals surface area contributed by atoms with Gasteiger partial charge in [0, 0.05) is 30.2 Å². The lowest BCUT2D eigenvalue weighted by molar-refractivity contribution is -0.192. The third kappa shape index (κ3) is 7.21. The number of likely N-dealkylation sites (tertiary alicyclic amines) is 2. The van der Waals surface area contributed by atoms with E-state index in [0.717, 1.165) is 56.2 Å². The number of carboxylic acid groups (broad SMARTS) is 1. The number of rotatable bonds is 3. The van der Waals surface area contributed by atoms with Crippen molar-refractivity contribution in [3.05, 3.63) is 70.7 Å². The van der Waals surface area contributed by atoms with E-state index in [0.29, 0.717) is 5.41 Å². The Bertz CT molecular complexity index is 967. The number of halogens is 4. The minimum atomic E-state index is -5.08. The Morgan fingerprint density at radius 3 is 2.00 bits per heavy atom. The van der Waals surface area contributed by atoms with E-state index in [1.54, 1.807) is 0 Å². The Morgan fingerprint density at radius 1 is 0.912 bits per heavy atom. The van der Waals surface area contributed by atoms with Gasteiger partial charge in [0.2, 0.25) is 0 Å². The molecule has 2 aliphatic rings. The minimum absolute atomic E-state index is 0.184. The van der Waals surface area contributed by atoms with Crippen molar-refractivity contribution in [1.82, 2.24) is 9.80 Å². The zero-order valence-electron chi connectivity index (χ0n) is 18.7. The molecule has 0 aliphatic carbocycles. The number of alkyl halides is 3. The molecule has 2 aromatic rings. The van der Waals surface area contributed by atoms with E-state index in [1.165, 1.54) is 18.4 Å². The molecule has 4 rings (SSSR count). The van der Waals surface area contributed by atoms with Crippen LogP contribution in [0, 0.1) is 5.41 Å². The highest BCUT2D eigenvalue weighted by Crippen LogP contribution is 2.41. The Morgan fingerprint density at radius 2 is 1.47 bits per heavy atom. The summed E-state index contributed by atoms with van der Waals surface area (Å²) in [5.41, 5.74) is 2.53. The van der Waals surface area contributed by atoms with Crippen LogP contribution in [0.3, 0.4) is 0 Å². The van der Waals surface area contributed by atoms with E-state index in [-0.39, 0.29) is 5.91 Å². The van der Waals surface area contributed by atoms with Crippen molar-refractivity contribution in [2.24, 2.45) is 5.41 Å². The first-order chi connectivity index (χ1) is 16.1. The molecule has 1 spiro atoms. The largest absolute Gasteiger partial charge is 0.490 e. The molecule has 34 heavy (non-hydrogen) atoms. The predicted octanol–water partition coefficient (Wildman–Crippen LogP) is 5.49. The monoisotopic (exact) mass is 496 g/mol. The summed E-state index contributed by atoms with van der Waals surface area (Å²) < 4.78 is 31.7. The smallest absolute Gasteiger partial charge is 0.475 e. The number of hydrogen-bond donors (Lipinski definition) is 1. The van der Waals surface area contributed by atoms with Crippen molar-refractivity contribution in [2.45, 2.75) is 38.4 Å². The average molecular weight is 497 g/mol. The first-order valence-electron chi connectivity index (χ1n) is 11.2. The van der Waals surface area contributed by atoms with Crippen molar-refractivity contribution in [3.63, 3.8) is 0 Å². The van der Waals surface area contributed by atoms with Crippen LogP contribution < -0.4 is 0 Å². The Balaban J connectivity index is 0.000000406. The van der Waals surface area contributed by atoms with Crippen molar-refractivity contribution in [1.29, 1.82) is 0 Å². The van der Waals surface area contributed by atoms with Crippen LogP contribution in [0.25, 0.3) is 0 Å². The van der Waals surface area contributed by atoms with Crippen molar-refractivity contribution in [2.75, 3.05) is 26.2 Å². The minimum Gasteiger partial charge on any atom is -0.475 e. The first-order valence-corrected chi connectivity index (χ1v) is 11.6. The number of amides is 1. The van der Waals surface area contributed by atoms with Crippen LogP contribution in [0.15, 0.2) is 54.6 Å². The Kier molecular flexibility index (Phi) is 8.60. The summed E-state index contributed by atoms with van der Waals surface area (Å²) in [6.45, 7) is 5.04. The molecule has 0 saturated carbocycles. The third-order valence-corrected chi connectivity index (χ3v) is 6.82. The fourth-order valence-corrected chi connectivity index (χ4v) is 4.74. The van der Waals surface area contributed by atoms with Gasteiger partial charge in [-0.3, -0.25) is 9.69 Å². The predicted molar refractivity (Wildman–Crippen MR) is 124 cm³/mol. The SMILES string of the molecule is O=C(O)C(F)(F)F.O=C(c1ccccc1)N1CCC2(CCN(Cc3cccc(Cl)c3)CC2)CC1. The molecule has 0 aromatic heterocycles. The van der Waals surface area contributed by atoms with Crippen LogP contribution in [-0.4, -0.2) is 59.1 Å². The number of hydrogen-bond acceptors (Lipinski definition) is 3. The summed E-state index contributed by atoms with van der Waals surface area (Å²) in [6.07, 6.45) is -0.338. The number of carbonyl (C=O) groups is 2. The second-order valence-corrected chi connectivity index (χ2v) is 9.30. The Hall–Kier alpha value is -2.58. The molecule has 184 valence electrons. The molecule has 5 nitrogen and oxygen atoms in total. The molecule has 9 heteroatoms. The molecule has 0 atom stereocenters. The molecule has 1 amide bonds. The lowest BCUT2D eigenvalue weighted by Gasteiger charge is -2.47. The van der Waals surface area contributed by atoms with Gasteiger partial charge in [-0.15, -0.1) is 0 Å². The van der Waals surface area contributed by atoms with Crippen molar-refractivity contribution in [3.8, 4) is 0 Å². The van der Waals surface area contributed by atoms with Gasteiger partial charge in [0.25, 0.3) is 5.91 Å². The first kappa shape index (κ1) is 26.0. The summed E-state index contributed by atoms with van der Waals surface area (Å²) in [6, 6.07) is 17.9. The summed E-state index contributed by atoms with van der Waals surface area (Å²) in [5, 5.41) is 7.94. The van der Waals surface area contributed by atoms with Gasteiger partial charge in [-0.25, -0.2) is 4.79 Å². The van der Waals surface area contributed by atoms with Crippen molar-refractivity contribution < 1.29 is 27.9 Å². The standard InChI is InChI=1S/C23H27ClN2O.C2HF3O2/c24-21-8-4-5-19(17-21)18-25-13-9-23(10-14-25)11-15-26(16-12-23)22(27)20-6-2-1-3-7-20;3-2(4,5)1(6)7/h1-8,17H,9-16,18H2;(H,6,7). The fourth-order valence-electron chi connectivity index (χ4n) is 4.53. The van der Waals surface area contributed by atoms with E-state index >= 15 is 0 Å². The molecule has 0 unspecified atom stereocenters. The normalized spacial score (nSPS) is 18.2. The van der Waals surface area contributed by atoms with Gasteiger partial charge in [-0.05, 0) is 74.0 Å². The maximum absolute atomic E-state index is 12.7. The topological polar surface area (TPSA) is 60.9 Å². The van der Waals surface area contributed by atoms with E-state index < -0.39 is 12.1 Å². The molecular formula is C25H28ClF3N2O3. The maximum atomic E-state index is 12.7. The van der Waals surface area contributed by atoms with E-state index in [2.05, 4.69) is 17.0 Å². The molecule has 2 heterocycles. The van der Waals surface area contributed by atoms with E-state index in [9.17, 15) is 18.0 Å². The van der Waals surface area contributed by atoms with E-state index in [4.69, 9.17) is 21.5 Å². The number of carbonyl (C=O) groups excluding carboxylic acids is 1. The van der Waals surface area contributed by atoms with Gasteiger partial charge in [-0.1, -0.05) is 41.9 Å². The highest BCUT2D eigenvalue weighted by molar-refractivity contribution is 6.30. The Labute approximate surface area is 202 Å². The lowest BCUT2D eigenvalue weighted by Crippen LogP contribution is -2.48. The molecule has 0 bridgehead atoms. The number of piperidine rings is 2. The summed E-state index contributed by atoms with van der Waals surface area (Å²) in [4.78, 5) is 26.1. The summed E-state index contributed by atoms with van der Waals surface area (Å²) in [5.74, 6) is -2.57. The average Bonchev–Trinajstić information content (AvgIpc) is 2.81. The highest BCUT2D eigenvalue weighted by atomic mass is 35.5. The molecule has 0 radical (unpaired) electrons. The second-order valence-electron chi connectivity index (χ2n) is 8.87. The lowest BCUT2D eigenvalue weighted by atomic mass is 9.71. The second kappa shape index (κ2) is 11.2. The number of carboxylic acids is 1. The van der Waals surface area contributed by atoms with Crippen molar-refractivity contribution >= 4 is 23.5 Å². The summed E-state index contributed by atoms with van der Waals surface area (Å²) in [7, 11) is 0. The fraction of sp³-hybridized carbons (Fsp3) is 0.440. The van der Waals surface area contributed by atoms with Crippen LogP contribution >= 0.6 is 11.6 Å². The maximum Gasteiger partial charge on any atom is 0.490 e. The number of nitrogens with zero attached hydrogens (tertiary/aromatic N) is 2. The van der Waals surface area contributed by atoms with Gasteiger partial charge in [0.1, 0.15) is 0 Å². The van der Waals surface area contributed by atoms with Gasteiger partial charge in [0.05, 0.1) is 0 Å². The van der Waals surface area contributed by atoms with Gasteiger partial charge in [-0.2, -0.15) is 13.2 Å². The quantitative estimate of drug-likeness (QED) is 0.610. The van der Waals surface area contributed by atoms with Gasteiger partial charge < -0.3 is 10.0 Å². The number of benzene rings is 2. The molecule has 2 fully saturated rings. The van der Waals surface area contributed by atoms with Crippen LogP contribution in [0.1, 0.15) is 41.6 Å². The van der Waals surface area contributed by atoms with Crippen LogP contribution in [0.5, 0.6) is 0 Å². The molecule has 2 aromatic carbocycles. The van der Waals surface area contributed by atoms with E-state index in [1.807, 2.05) is 47.4 Å². The summed E-state index contributed by atoms with van der Waals surface area (Å²) >= 11 is 6.11. The molecule has 2 saturated heterocycles. The van der Waals surface area contributed by atoms with Crippen LogP contribution in [0.4, 0.5) is 13.2 Å². The molecule has 2 aliphatic heterocycles. The third-order valence-electron chi connectivity index (χ3n) is 6.59. The van der Waals surface area contributed by atoms with Gasteiger partial charge in [0.15, 0.2) is 0 Å². The van der Waals surface area contributed by atoms with Crippen LogP contribution in [-0.2, 0) is 11.3 Å². The zero-order chi connectivity index (χ0) is 24.8.